The lowest BCUT2D eigenvalue weighted by Crippen LogP contribution is -1.83. The highest BCUT2D eigenvalue weighted by Gasteiger charge is 2.05. The second kappa shape index (κ2) is 4.66. The number of fused-ring (bicyclic) bond motifs is 3. The normalized spacial score (nSPS) is 11.4. The lowest BCUT2D eigenvalue weighted by Gasteiger charge is -1.99. The smallest absolute Gasteiger partial charge is 0.0467 e. The van der Waals surface area contributed by atoms with Crippen molar-refractivity contribution in [2.75, 3.05) is 0 Å². The van der Waals surface area contributed by atoms with Crippen molar-refractivity contribution in [3.63, 3.8) is 0 Å². The highest BCUT2D eigenvalue weighted by atomic mass is 35.5. The van der Waals surface area contributed by atoms with Crippen LogP contribution in [0.3, 0.4) is 0 Å². The van der Waals surface area contributed by atoms with Crippen LogP contribution in [0, 0.1) is 0 Å². The molecule has 0 bridgehead atoms. The molecular formula is C16H16ClN. The average molecular weight is 258 g/mol. The summed E-state index contributed by atoms with van der Waals surface area (Å²) < 4.78 is 0. The van der Waals surface area contributed by atoms with Crippen LogP contribution in [-0.2, 0) is 6.42 Å². The summed E-state index contributed by atoms with van der Waals surface area (Å²) in [5, 5.41) is 3.26. The van der Waals surface area contributed by atoms with Gasteiger partial charge in [-0.1, -0.05) is 37.1 Å². The van der Waals surface area contributed by atoms with E-state index in [1.165, 1.54) is 34.7 Å². The summed E-state index contributed by atoms with van der Waals surface area (Å²) in [6.07, 6.45) is 3.64. The number of unbranched alkanes of at least 4 members (excludes halogenated alkanes) is 1. The van der Waals surface area contributed by atoms with Crippen molar-refractivity contribution >= 4 is 33.4 Å². The number of aromatic amines is 1. The number of benzene rings is 2. The maximum absolute atomic E-state index is 6.06. The summed E-state index contributed by atoms with van der Waals surface area (Å²) in [6.45, 7) is 2.23. The van der Waals surface area contributed by atoms with Gasteiger partial charge in [-0.25, -0.2) is 0 Å². The number of nitrogens with one attached hydrogen (secondary N) is 1. The topological polar surface area (TPSA) is 15.8 Å². The molecule has 1 N–H and O–H groups in total. The largest absolute Gasteiger partial charge is 0.355 e. The van der Waals surface area contributed by atoms with E-state index in [9.17, 15) is 0 Å². The van der Waals surface area contributed by atoms with E-state index < -0.39 is 0 Å². The van der Waals surface area contributed by atoms with Gasteiger partial charge in [-0.15, -0.1) is 0 Å². The van der Waals surface area contributed by atoms with Crippen molar-refractivity contribution < 1.29 is 0 Å². The third-order valence-electron chi connectivity index (χ3n) is 3.44. The maximum Gasteiger partial charge on any atom is 0.0467 e. The molecule has 0 spiro atoms. The van der Waals surface area contributed by atoms with Crippen molar-refractivity contribution in [2.24, 2.45) is 0 Å². The molecule has 1 aromatic heterocycles. The molecule has 0 fully saturated rings. The van der Waals surface area contributed by atoms with E-state index in [2.05, 4.69) is 30.1 Å². The molecule has 18 heavy (non-hydrogen) atoms. The summed E-state index contributed by atoms with van der Waals surface area (Å²) in [6, 6.07) is 12.7. The first-order valence-corrected chi connectivity index (χ1v) is 6.85. The molecule has 0 aliphatic rings. The highest BCUT2D eigenvalue weighted by Crippen LogP contribution is 2.28. The number of aromatic nitrogens is 1. The SMILES string of the molecule is CCCCc1ccc2c(c1)[nH]c1ccc(Cl)cc12. The molecule has 3 aromatic rings. The fourth-order valence-electron chi connectivity index (χ4n) is 2.46. The second-order valence-corrected chi connectivity index (χ2v) is 5.23. The molecule has 3 rings (SSSR count). The molecule has 92 valence electrons. The van der Waals surface area contributed by atoms with Gasteiger partial charge < -0.3 is 4.98 Å². The maximum atomic E-state index is 6.06. The minimum absolute atomic E-state index is 0.790. The van der Waals surface area contributed by atoms with E-state index in [-0.39, 0.29) is 0 Å². The summed E-state index contributed by atoms with van der Waals surface area (Å²) in [4.78, 5) is 3.46. The molecule has 0 aliphatic carbocycles. The van der Waals surface area contributed by atoms with Gasteiger partial charge in [0.2, 0.25) is 0 Å². The van der Waals surface area contributed by atoms with Crippen LogP contribution >= 0.6 is 11.6 Å². The predicted molar refractivity (Wildman–Crippen MR) is 79.4 cm³/mol. The molecule has 0 amide bonds. The summed E-state index contributed by atoms with van der Waals surface area (Å²) in [7, 11) is 0. The molecule has 0 radical (unpaired) electrons. The minimum Gasteiger partial charge on any atom is -0.355 e. The lowest BCUT2D eigenvalue weighted by atomic mass is 10.1. The van der Waals surface area contributed by atoms with Gasteiger partial charge in [0, 0.05) is 26.8 Å². The fourth-order valence-corrected chi connectivity index (χ4v) is 2.63. The van der Waals surface area contributed by atoms with Gasteiger partial charge in [0.05, 0.1) is 0 Å². The average Bonchev–Trinajstić information content (AvgIpc) is 2.73. The van der Waals surface area contributed by atoms with Crippen LogP contribution in [0.2, 0.25) is 5.02 Å². The molecule has 1 nitrogen and oxygen atoms in total. The standard InChI is InChI=1S/C16H16ClN/c1-2-3-4-11-5-7-13-14-10-12(17)6-8-15(14)18-16(13)9-11/h5-10,18H,2-4H2,1H3. The van der Waals surface area contributed by atoms with Gasteiger partial charge in [-0.3, -0.25) is 0 Å². The molecule has 0 atom stereocenters. The van der Waals surface area contributed by atoms with Gasteiger partial charge in [0.15, 0.2) is 0 Å². The van der Waals surface area contributed by atoms with Crippen LogP contribution < -0.4 is 0 Å². The molecule has 0 aliphatic heterocycles. The van der Waals surface area contributed by atoms with Crippen LogP contribution in [0.25, 0.3) is 21.8 Å². The van der Waals surface area contributed by atoms with Crippen molar-refractivity contribution in [1.82, 2.24) is 4.98 Å². The summed E-state index contributed by atoms with van der Waals surface area (Å²) in [5.74, 6) is 0. The lowest BCUT2D eigenvalue weighted by molar-refractivity contribution is 0.796. The van der Waals surface area contributed by atoms with Crippen molar-refractivity contribution in [2.45, 2.75) is 26.2 Å². The third-order valence-corrected chi connectivity index (χ3v) is 3.68. The number of aryl methyl sites for hydroxylation is 1. The number of halogens is 1. The second-order valence-electron chi connectivity index (χ2n) is 4.80. The number of H-pyrrole nitrogens is 1. The first-order chi connectivity index (χ1) is 8.78. The fraction of sp³-hybridized carbons (Fsp3) is 0.250. The van der Waals surface area contributed by atoms with E-state index in [1.807, 2.05) is 18.2 Å². The van der Waals surface area contributed by atoms with E-state index >= 15 is 0 Å². The Bertz CT molecular complexity index is 697. The van der Waals surface area contributed by atoms with Gasteiger partial charge in [-0.2, -0.15) is 0 Å². The zero-order valence-corrected chi connectivity index (χ0v) is 11.2. The Morgan fingerprint density at radius 3 is 2.72 bits per heavy atom. The van der Waals surface area contributed by atoms with Gasteiger partial charge in [-0.05, 0) is 42.7 Å². The Balaban J connectivity index is 2.14. The zero-order valence-electron chi connectivity index (χ0n) is 10.5. The molecule has 0 saturated carbocycles. The highest BCUT2D eigenvalue weighted by molar-refractivity contribution is 6.31. The first kappa shape index (κ1) is 11.6. The monoisotopic (exact) mass is 257 g/mol. The number of hydrogen-bond donors (Lipinski definition) is 1. The number of hydrogen-bond acceptors (Lipinski definition) is 0. The Labute approximate surface area is 112 Å². The quantitative estimate of drug-likeness (QED) is 0.654. The van der Waals surface area contributed by atoms with Crippen molar-refractivity contribution in [1.29, 1.82) is 0 Å². The van der Waals surface area contributed by atoms with Gasteiger partial charge in [0.25, 0.3) is 0 Å². The molecular weight excluding hydrogens is 242 g/mol. The Hall–Kier alpha value is -1.47. The van der Waals surface area contributed by atoms with Crippen LogP contribution in [0.1, 0.15) is 25.3 Å². The van der Waals surface area contributed by atoms with E-state index in [0.717, 1.165) is 17.0 Å². The summed E-state index contributed by atoms with van der Waals surface area (Å²) in [5.41, 5.74) is 3.77. The van der Waals surface area contributed by atoms with Crippen LogP contribution in [0.15, 0.2) is 36.4 Å². The van der Waals surface area contributed by atoms with Crippen molar-refractivity contribution in [3.05, 3.63) is 47.0 Å². The molecule has 0 unspecified atom stereocenters. The van der Waals surface area contributed by atoms with Crippen molar-refractivity contribution in [3.8, 4) is 0 Å². The Morgan fingerprint density at radius 2 is 1.89 bits per heavy atom. The Morgan fingerprint density at radius 1 is 1.00 bits per heavy atom. The van der Waals surface area contributed by atoms with Crippen LogP contribution in [0.5, 0.6) is 0 Å². The zero-order chi connectivity index (χ0) is 12.5. The van der Waals surface area contributed by atoms with Gasteiger partial charge >= 0.3 is 0 Å². The van der Waals surface area contributed by atoms with Crippen LogP contribution in [0.4, 0.5) is 0 Å². The van der Waals surface area contributed by atoms with E-state index in [4.69, 9.17) is 11.6 Å². The van der Waals surface area contributed by atoms with E-state index in [1.54, 1.807) is 0 Å². The third kappa shape index (κ3) is 1.99. The molecule has 1 heterocycles. The Kier molecular flexibility index (Phi) is 3.00. The number of rotatable bonds is 3. The van der Waals surface area contributed by atoms with E-state index in [0.29, 0.717) is 0 Å². The predicted octanol–water partition coefficient (Wildman–Crippen LogP) is 5.32. The molecule has 2 aromatic carbocycles. The first-order valence-electron chi connectivity index (χ1n) is 6.48. The summed E-state index contributed by atoms with van der Waals surface area (Å²) >= 11 is 6.06. The molecule has 2 heteroatoms. The van der Waals surface area contributed by atoms with Gasteiger partial charge in [0.1, 0.15) is 0 Å². The minimum atomic E-state index is 0.790. The molecule has 0 saturated heterocycles. The van der Waals surface area contributed by atoms with Crippen LogP contribution in [-0.4, -0.2) is 4.98 Å².